The van der Waals surface area contributed by atoms with Crippen molar-refractivity contribution in [3.63, 3.8) is 0 Å². The SMILES string of the molecule is CCC(CC)(CNC1CC1)Cc1cccc(C)c1. The Labute approximate surface area is 112 Å². The topological polar surface area (TPSA) is 12.0 Å². The average molecular weight is 245 g/mol. The van der Waals surface area contributed by atoms with Crippen molar-refractivity contribution >= 4 is 0 Å². The van der Waals surface area contributed by atoms with Crippen LogP contribution in [0.5, 0.6) is 0 Å². The average Bonchev–Trinajstić information content (AvgIpc) is 3.19. The summed E-state index contributed by atoms with van der Waals surface area (Å²) >= 11 is 0. The molecule has 1 nitrogen and oxygen atoms in total. The number of benzene rings is 1. The summed E-state index contributed by atoms with van der Waals surface area (Å²) in [6, 6.07) is 9.82. The van der Waals surface area contributed by atoms with Gasteiger partial charge in [-0.1, -0.05) is 43.7 Å². The van der Waals surface area contributed by atoms with Gasteiger partial charge in [-0.3, -0.25) is 0 Å². The Balaban J connectivity index is 2.03. The highest BCUT2D eigenvalue weighted by Gasteiger charge is 2.29. The molecule has 1 aliphatic rings. The molecule has 100 valence electrons. The van der Waals surface area contributed by atoms with Crippen LogP contribution in [0.25, 0.3) is 0 Å². The summed E-state index contributed by atoms with van der Waals surface area (Å²) in [5.41, 5.74) is 3.32. The smallest absolute Gasteiger partial charge is 0.00684 e. The maximum Gasteiger partial charge on any atom is 0.00684 e. The van der Waals surface area contributed by atoms with Crippen LogP contribution < -0.4 is 5.32 Å². The van der Waals surface area contributed by atoms with E-state index in [9.17, 15) is 0 Å². The van der Waals surface area contributed by atoms with Gasteiger partial charge >= 0.3 is 0 Å². The monoisotopic (exact) mass is 245 g/mol. The Hall–Kier alpha value is -0.820. The third kappa shape index (κ3) is 3.58. The van der Waals surface area contributed by atoms with Gasteiger partial charge in [0, 0.05) is 12.6 Å². The Morgan fingerprint density at radius 2 is 1.94 bits per heavy atom. The van der Waals surface area contributed by atoms with Crippen LogP contribution >= 0.6 is 0 Å². The van der Waals surface area contributed by atoms with Crippen molar-refractivity contribution in [2.45, 2.75) is 58.9 Å². The van der Waals surface area contributed by atoms with E-state index >= 15 is 0 Å². The molecule has 0 radical (unpaired) electrons. The van der Waals surface area contributed by atoms with Crippen molar-refractivity contribution in [1.82, 2.24) is 5.32 Å². The second kappa shape index (κ2) is 5.88. The fourth-order valence-electron chi connectivity index (χ4n) is 2.72. The molecule has 0 heterocycles. The van der Waals surface area contributed by atoms with Crippen LogP contribution in [0.1, 0.15) is 50.7 Å². The summed E-state index contributed by atoms with van der Waals surface area (Å²) in [7, 11) is 0. The van der Waals surface area contributed by atoms with Gasteiger partial charge in [0.05, 0.1) is 0 Å². The van der Waals surface area contributed by atoms with Gasteiger partial charge in [0.25, 0.3) is 0 Å². The van der Waals surface area contributed by atoms with E-state index in [1.54, 1.807) is 0 Å². The highest BCUT2D eigenvalue weighted by Crippen LogP contribution is 2.32. The summed E-state index contributed by atoms with van der Waals surface area (Å²) in [6.07, 6.45) is 6.50. The number of hydrogen-bond acceptors (Lipinski definition) is 1. The fourth-order valence-corrected chi connectivity index (χ4v) is 2.72. The lowest BCUT2D eigenvalue weighted by atomic mass is 9.76. The van der Waals surface area contributed by atoms with Gasteiger partial charge in [-0.2, -0.15) is 0 Å². The minimum Gasteiger partial charge on any atom is -0.313 e. The second-order valence-corrected chi connectivity index (χ2v) is 6.03. The molecule has 1 aromatic carbocycles. The Bertz CT molecular complexity index is 375. The Kier molecular flexibility index (Phi) is 4.45. The summed E-state index contributed by atoms with van der Waals surface area (Å²) in [4.78, 5) is 0. The van der Waals surface area contributed by atoms with Crippen molar-refractivity contribution in [1.29, 1.82) is 0 Å². The normalized spacial score (nSPS) is 15.9. The van der Waals surface area contributed by atoms with E-state index in [1.807, 2.05) is 0 Å². The third-order valence-electron chi connectivity index (χ3n) is 4.50. The zero-order valence-electron chi connectivity index (χ0n) is 12.1. The van der Waals surface area contributed by atoms with Crippen molar-refractivity contribution < 1.29 is 0 Å². The van der Waals surface area contributed by atoms with Crippen molar-refractivity contribution in [2.24, 2.45) is 5.41 Å². The van der Waals surface area contributed by atoms with E-state index < -0.39 is 0 Å². The van der Waals surface area contributed by atoms with Gasteiger partial charge in [-0.05, 0) is 50.0 Å². The molecular weight excluding hydrogens is 218 g/mol. The maximum atomic E-state index is 3.73. The van der Waals surface area contributed by atoms with Crippen LogP contribution in [0.2, 0.25) is 0 Å². The van der Waals surface area contributed by atoms with Gasteiger partial charge in [-0.15, -0.1) is 0 Å². The molecule has 0 aromatic heterocycles. The Morgan fingerprint density at radius 1 is 1.22 bits per heavy atom. The third-order valence-corrected chi connectivity index (χ3v) is 4.50. The van der Waals surface area contributed by atoms with Crippen LogP contribution in [-0.2, 0) is 6.42 Å². The lowest BCUT2D eigenvalue weighted by Crippen LogP contribution is -2.36. The summed E-state index contributed by atoms with van der Waals surface area (Å²) in [5.74, 6) is 0. The molecule has 1 saturated carbocycles. The molecule has 0 aliphatic heterocycles. The number of aryl methyl sites for hydroxylation is 1. The number of rotatable bonds is 7. The van der Waals surface area contributed by atoms with E-state index in [-0.39, 0.29) is 0 Å². The van der Waals surface area contributed by atoms with Gasteiger partial charge in [-0.25, -0.2) is 0 Å². The molecule has 0 spiro atoms. The number of nitrogens with one attached hydrogen (secondary N) is 1. The Morgan fingerprint density at radius 3 is 2.50 bits per heavy atom. The largest absolute Gasteiger partial charge is 0.313 e. The molecule has 0 saturated heterocycles. The summed E-state index contributed by atoms with van der Waals surface area (Å²) in [5, 5.41) is 3.73. The first-order chi connectivity index (χ1) is 8.67. The minimum absolute atomic E-state index is 0.441. The molecule has 1 N–H and O–H groups in total. The zero-order valence-corrected chi connectivity index (χ0v) is 12.1. The first kappa shape index (κ1) is 13.6. The lowest BCUT2D eigenvalue weighted by molar-refractivity contribution is 0.245. The van der Waals surface area contributed by atoms with Crippen molar-refractivity contribution in [2.75, 3.05) is 6.54 Å². The molecule has 1 aromatic rings. The maximum absolute atomic E-state index is 3.73. The van der Waals surface area contributed by atoms with E-state index in [0.29, 0.717) is 5.41 Å². The van der Waals surface area contributed by atoms with E-state index in [0.717, 1.165) is 6.04 Å². The first-order valence-corrected chi connectivity index (χ1v) is 7.46. The molecule has 0 amide bonds. The first-order valence-electron chi connectivity index (χ1n) is 7.46. The van der Waals surface area contributed by atoms with Crippen molar-refractivity contribution in [3.8, 4) is 0 Å². The second-order valence-electron chi connectivity index (χ2n) is 6.03. The minimum atomic E-state index is 0.441. The van der Waals surface area contributed by atoms with Gasteiger partial charge in [0.15, 0.2) is 0 Å². The quantitative estimate of drug-likeness (QED) is 0.762. The highest BCUT2D eigenvalue weighted by atomic mass is 15.0. The predicted octanol–water partition coefficient (Wildman–Crippen LogP) is 4.10. The predicted molar refractivity (Wildman–Crippen MR) is 78.9 cm³/mol. The van der Waals surface area contributed by atoms with Crippen molar-refractivity contribution in [3.05, 3.63) is 35.4 Å². The molecule has 1 fully saturated rings. The molecular formula is C17H27N. The van der Waals surface area contributed by atoms with E-state index in [2.05, 4.69) is 50.4 Å². The molecule has 0 atom stereocenters. The van der Waals surface area contributed by atoms with Crippen LogP contribution in [0.15, 0.2) is 24.3 Å². The molecule has 1 heteroatoms. The van der Waals surface area contributed by atoms with Crippen LogP contribution in [-0.4, -0.2) is 12.6 Å². The van der Waals surface area contributed by atoms with Crippen LogP contribution in [0, 0.1) is 12.3 Å². The van der Waals surface area contributed by atoms with Gasteiger partial charge < -0.3 is 5.32 Å². The van der Waals surface area contributed by atoms with Crippen LogP contribution in [0.4, 0.5) is 0 Å². The van der Waals surface area contributed by atoms with Gasteiger partial charge in [0.2, 0.25) is 0 Å². The van der Waals surface area contributed by atoms with E-state index in [1.165, 1.54) is 49.8 Å². The molecule has 2 rings (SSSR count). The lowest BCUT2D eigenvalue weighted by Gasteiger charge is -2.32. The summed E-state index contributed by atoms with van der Waals surface area (Å²) < 4.78 is 0. The standard InChI is InChI=1S/C17H27N/c1-4-17(5-2,13-18-16-9-10-16)12-15-8-6-7-14(3)11-15/h6-8,11,16,18H,4-5,9-10,12-13H2,1-3H3. The highest BCUT2D eigenvalue weighted by molar-refractivity contribution is 5.23. The summed E-state index contributed by atoms with van der Waals surface area (Å²) in [6.45, 7) is 8.05. The van der Waals surface area contributed by atoms with Crippen LogP contribution in [0.3, 0.4) is 0 Å². The van der Waals surface area contributed by atoms with Gasteiger partial charge in [0.1, 0.15) is 0 Å². The number of hydrogen-bond donors (Lipinski definition) is 1. The molecule has 1 aliphatic carbocycles. The molecule has 0 unspecified atom stereocenters. The fraction of sp³-hybridized carbons (Fsp3) is 0.647. The zero-order chi connectivity index (χ0) is 13.0. The van der Waals surface area contributed by atoms with E-state index in [4.69, 9.17) is 0 Å². The molecule has 18 heavy (non-hydrogen) atoms. The molecule has 0 bridgehead atoms.